The van der Waals surface area contributed by atoms with Crippen LogP contribution in [0.3, 0.4) is 0 Å². The Morgan fingerprint density at radius 1 is 1.23 bits per heavy atom. The van der Waals surface area contributed by atoms with Crippen LogP contribution in [0.25, 0.3) is 10.8 Å². The molecule has 170 valence electrons. The van der Waals surface area contributed by atoms with E-state index >= 15 is 0 Å². The highest BCUT2D eigenvalue weighted by Gasteiger charge is 2.40. The molecule has 0 saturated heterocycles. The maximum Gasteiger partial charge on any atom is 0.414 e. The van der Waals surface area contributed by atoms with Crippen LogP contribution in [-0.2, 0) is 23.8 Å². The molecule has 0 bridgehead atoms. The molecule has 0 radical (unpaired) electrons. The summed E-state index contributed by atoms with van der Waals surface area (Å²) in [6.45, 7) is 5.28. The van der Waals surface area contributed by atoms with Crippen LogP contribution in [0.5, 0.6) is 5.75 Å². The van der Waals surface area contributed by atoms with Crippen LogP contribution < -0.4 is 9.64 Å². The molecule has 31 heavy (non-hydrogen) atoms. The molecule has 1 atom stereocenters. The third-order valence-corrected chi connectivity index (χ3v) is 5.54. The van der Waals surface area contributed by atoms with Gasteiger partial charge in [-0.15, -0.1) is 0 Å². The first kappa shape index (κ1) is 23.6. The Kier molecular flexibility index (Phi) is 6.71. The molecule has 0 N–H and O–H groups in total. The van der Waals surface area contributed by atoms with Crippen molar-refractivity contribution in [2.24, 2.45) is 0 Å². The molecule has 8 nitrogen and oxygen atoms in total. The molecule has 10 heteroatoms. The van der Waals surface area contributed by atoms with Crippen LogP contribution in [0.2, 0.25) is 5.02 Å². The van der Waals surface area contributed by atoms with E-state index in [0.717, 1.165) is 17.0 Å². The fourth-order valence-electron chi connectivity index (χ4n) is 3.55. The third-order valence-electron chi connectivity index (χ3n) is 4.62. The molecule has 0 unspecified atom stereocenters. The first-order valence-electron chi connectivity index (χ1n) is 9.63. The molecule has 0 saturated carbocycles. The molecular weight excluding hydrogens is 446 g/mol. The van der Waals surface area contributed by atoms with E-state index < -0.39 is 27.7 Å². The number of halogens is 1. The Bertz CT molecular complexity index is 1100. The molecule has 2 aromatic carbocycles. The number of carbonyl (C=O) groups excluding carboxylic acids is 1. The summed E-state index contributed by atoms with van der Waals surface area (Å²) < 4.78 is 44.7. The van der Waals surface area contributed by atoms with Gasteiger partial charge in [0.05, 0.1) is 18.6 Å². The van der Waals surface area contributed by atoms with E-state index in [2.05, 4.69) is 0 Å². The summed E-state index contributed by atoms with van der Waals surface area (Å²) in [5.41, 5.74) is 0.403. The smallest absolute Gasteiger partial charge is 0.414 e. The van der Waals surface area contributed by atoms with Crippen molar-refractivity contribution >= 4 is 44.3 Å². The molecule has 0 fully saturated rings. The summed E-state index contributed by atoms with van der Waals surface area (Å²) in [7, 11) is -2.18. The number of hydrogen-bond donors (Lipinski definition) is 0. The second kappa shape index (κ2) is 8.82. The average molecular weight is 472 g/mol. The zero-order chi connectivity index (χ0) is 23.0. The largest absolute Gasteiger partial charge is 0.465 e. The van der Waals surface area contributed by atoms with Crippen LogP contribution in [-0.4, -0.2) is 53.4 Å². The van der Waals surface area contributed by atoms with Gasteiger partial charge in [0.2, 0.25) is 0 Å². The number of hydrogen-bond acceptors (Lipinski definition) is 7. The lowest BCUT2D eigenvalue weighted by atomic mass is 9.94. The molecule has 0 aromatic heterocycles. The zero-order valence-corrected chi connectivity index (χ0v) is 19.7. The molecular formula is C21H26ClNO7S. The van der Waals surface area contributed by atoms with Crippen LogP contribution in [0.1, 0.15) is 32.3 Å². The summed E-state index contributed by atoms with van der Waals surface area (Å²) in [4.78, 5) is 14.4. The quantitative estimate of drug-likeness (QED) is 0.458. The standard InChI is InChI=1S/C21H26ClNO7S/c1-21(2,3)30-20(24)23-10-13(11-29-31(5,25)26)16-14-8-6-7-9-15(14)19(28-12-27-4)17(22)18(16)23/h6-9,13H,10-12H2,1-5H3/t13-/m0/s1. The minimum atomic E-state index is -3.67. The second-order valence-electron chi connectivity index (χ2n) is 8.28. The number of nitrogens with zero attached hydrogens (tertiary/aromatic N) is 1. The van der Waals surface area contributed by atoms with Gasteiger partial charge < -0.3 is 14.2 Å². The van der Waals surface area contributed by atoms with Crippen molar-refractivity contribution in [3.63, 3.8) is 0 Å². The molecule has 1 aliphatic heterocycles. The SMILES string of the molecule is COCOc1c(Cl)c2c(c3ccccc13)[C@H](COS(C)(=O)=O)CN2C(=O)OC(C)(C)C. The van der Waals surface area contributed by atoms with Crippen LogP contribution >= 0.6 is 11.6 Å². The van der Waals surface area contributed by atoms with Crippen LogP contribution in [0.4, 0.5) is 10.5 Å². The van der Waals surface area contributed by atoms with Gasteiger partial charge in [0.25, 0.3) is 10.1 Å². The Hall–Kier alpha value is -2.07. The highest BCUT2D eigenvalue weighted by atomic mass is 35.5. The van der Waals surface area contributed by atoms with Gasteiger partial charge in [0, 0.05) is 25.0 Å². The highest BCUT2D eigenvalue weighted by Crippen LogP contribution is 2.51. The predicted octanol–water partition coefficient (Wildman–Crippen LogP) is 4.29. The minimum Gasteiger partial charge on any atom is -0.465 e. The van der Waals surface area contributed by atoms with E-state index in [-0.39, 0.29) is 25.0 Å². The number of fused-ring (bicyclic) bond motifs is 3. The van der Waals surface area contributed by atoms with Crippen molar-refractivity contribution in [3.05, 3.63) is 34.9 Å². The van der Waals surface area contributed by atoms with E-state index in [1.54, 1.807) is 20.8 Å². The van der Waals surface area contributed by atoms with E-state index in [0.29, 0.717) is 17.0 Å². The fourth-order valence-corrected chi connectivity index (χ4v) is 4.32. The van der Waals surface area contributed by atoms with Crippen LogP contribution in [0, 0.1) is 0 Å². The summed E-state index contributed by atoms with van der Waals surface area (Å²) in [6, 6.07) is 7.40. The van der Waals surface area contributed by atoms with Gasteiger partial charge in [0.1, 0.15) is 10.6 Å². The van der Waals surface area contributed by atoms with Gasteiger partial charge in [-0.05, 0) is 31.7 Å². The second-order valence-corrected chi connectivity index (χ2v) is 10.3. The van der Waals surface area contributed by atoms with Gasteiger partial charge in [0.15, 0.2) is 12.5 Å². The lowest BCUT2D eigenvalue weighted by Crippen LogP contribution is -2.36. The van der Waals surface area contributed by atoms with Gasteiger partial charge in [-0.2, -0.15) is 8.42 Å². The Balaban J connectivity index is 2.20. The van der Waals surface area contributed by atoms with Crippen molar-refractivity contribution in [3.8, 4) is 5.75 Å². The van der Waals surface area contributed by atoms with Crippen molar-refractivity contribution in [1.82, 2.24) is 0 Å². The van der Waals surface area contributed by atoms with Crippen molar-refractivity contribution in [2.45, 2.75) is 32.3 Å². The number of anilines is 1. The van der Waals surface area contributed by atoms with Crippen molar-refractivity contribution in [2.75, 3.05) is 38.2 Å². The number of benzene rings is 2. The molecule has 1 heterocycles. The molecule has 1 amide bonds. The van der Waals surface area contributed by atoms with Crippen molar-refractivity contribution < 1.29 is 31.6 Å². The van der Waals surface area contributed by atoms with Gasteiger partial charge in [-0.25, -0.2) is 4.79 Å². The lowest BCUT2D eigenvalue weighted by molar-refractivity contribution is 0.0523. The zero-order valence-electron chi connectivity index (χ0n) is 18.1. The number of methoxy groups -OCH3 is 1. The normalized spacial score (nSPS) is 16.5. The van der Waals surface area contributed by atoms with E-state index in [9.17, 15) is 13.2 Å². The molecule has 0 spiro atoms. The Morgan fingerprint density at radius 2 is 1.87 bits per heavy atom. The predicted molar refractivity (Wildman–Crippen MR) is 119 cm³/mol. The summed E-state index contributed by atoms with van der Waals surface area (Å²) in [5, 5.41) is 1.72. The first-order valence-corrected chi connectivity index (χ1v) is 11.8. The summed E-state index contributed by atoms with van der Waals surface area (Å²) in [5.74, 6) is -0.0628. The molecule has 3 rings (SSSR count). The van der Waals surface area contributed by atoms with Crippen molar-refractivity contribution in [1.29, 1.82) is 0 Å². The molecule has 2 aromatic rings. The van der Waals surface area contributed by atoms with E-state index in [1.165, 1.54) is 12.0 Å². The molecule has 0 aliphatic carbocycles. The topological polar surface area (TPSA) is 91.4 Å². The van der Waals surface area contributed by atoms with E-state index in [1.807, 2.05) is 24.3 Å². The Morgan fingerprint density at radius 3 is 2.45 bits per heavy atom. The fraction of sp³-hybridized carbons (Fsp3) is 0.476. The number of rotatable bonds is 6. The molecule has 1 aliphatic rings. The summed E-state index contributed by atoms with van der Waals surface area (Å²) in [6.07, 6.45) is 0.395. The monoisotopic (exact) mass is 471 g/mol. The number of amides is 1. The minimum absolute atomic E-state index is 0.0322. The summed E-state index contributed by atoms with van der Waals surface area (Å²) >= 11 is 6.75. The van der Waals surface area contributed by atoms with Gasteiger partial charge in [-0.3, -0.25) is 9.08 Å². The number of carbonyl (C=O) groups is 1. The van der Waals surface area contributed by atoms with Gasteiger partial charge in [-0.1, -0.05) is 35.9 Å². The highest BCUT2D eigenvalue weighted by molar-refractivity contribution is 7.85. The lowest BCUT2D eigenvalue weighted by Gasteiger charge is -2.26. The van der Waals surface area contributed by atoms with Crippen LogP contribution in [0.15, 0.2) is 24.3 Å². The average Bonchev–Trinajstić information content (AvgIpc) is 3.05. The maximum atomic E-state index is 13.0. The Labute approximate surface area is 187 Å². The number of ether oxygens (including phenoxy) is 3. The first-order chi connectivity index (χ1) is 14.4. The van der Waals surface area contributed by atoms with E-state index in [4.69, 9.17) is 30.0 Å². The third kappa shape index (κ3) is 5.23. The maximum absolute atomic E-state index is 13.0. The van der Waals surface area contributed by atoms with Gasteiger partial charge >= 0.3 is 6.09 Å².